The molecule has 1 saturated carbocycles. The highest BCUT2D eigenvalue weighted by Gasteiger charge is 2.44. The van der Waals surface area contributed by atoms with Crippen LogP contribution in [0.2, 0.25) is 0 Å². The highest BCUT2D eigenvalue weighted by Crippen LogP contribution is 2.48. The molecule has 0 radical (unpaired) electrons. The summed E-state index contributed by atoms with van der Waals surface area (Å²) in [7, 11) is 0. The van der Waals surface area contributed by atoms with Crippen molar-refractivity contribution in [2.24, 2.45) is 0 Å². The predicted molar refractivity (Wildman–Crippen MR) is 54.1 cm³/mol. The summed E-state index contributed by atoms with van der Waals surface area (Å²) >= 11 is 0. The summed E-state index contributed by atoms with van der Waals surface area (Å²) in [6.07, 6.45) is 1.69. The van der Waals surface area contributed by atoms with Crippen molar-refractivity contribution in [2.45, 2.75) is 31.1 Å². The Hall–Kier alpha value is -1.45. The van der Waals surface area contributed by atoms with E-state index >= 15 is 0 Å². The molecule has 0 bridgehead atoms. The summed E-state index contributed by atoms with van der Waals surface area (Å²) in [6.45, 7) is 0. The van der Waals surface area contributed by atoms with E-state index in [2.05, 4.69) is 0 Å². The molecule has 0 saturated heterocycles. The summed E-state index contributed by atoms with van der Waals surface area (Å²) in [4.78, 5) is 10.8. The Morgan fingerprint density at radius 1 is 1.31 bits per heavy atom. The molecule has 1 aliphatic rings. The number of hydrogen-bond acceptors (Lipinski definition) is 1. The van der Waals surface area contributed by atoms with E-state index in [1.165, 1.54) is 18.2 Å². The molecule has 0 spiro atoms. The van der Waals surface area contributed by atoms with Crippen molar-refractivity contribution in [1.82, 2.24) is 0 Å². The molecule has 0 heterocycles. The maximum atomic E-state index is 13.6. The molecule has 0 unspecified atom stereocenters. The Bertz CT molecular complexity index is 405. The van der Waals surface area contributed by atoms with Gasteiger partial charge in [0.15, 0.2) is 0 Å². The molecule has 1 aliphatic carbocycles. The fourth-order valence-electron chi connectivity index (χ4n) is 2.41. The Morgan fingerprint density at radius 3 is 2.25 bits per heavy atom. The molecule has 0 aliphatic heterocycles. The predicted octanol–water partition coefficient (Wildman–Crippen LogP) is 2.86. The van der Waals surface area contributed by atoms with Crippen LogP contribution in [-0.2, 0) is 10.2 Å². The molecular weight excluding hydrogens is 214 g/mol. The number of carbonyl (C=O) groups is 1. The number of rotatable bonds is 3. The van der Waals surface area contributed by atoms with Gasteiger partial charge in [-0.25, -0.2) is 8.78 Å². The van der Waals surface area contributed by atoms with Gasteiger partial charge in [0.1, 0.15) is 11.6 Å². The molecule has 1 fully saturated rings. The maximum Gasteiger partial charge on any atom is 0.304 e. The summed E-state index contributed by atoms with van der Waals surface area (Å²) in [5, 5.41) is 8.81. The van der Waals surface area contributed by atoms with E-state index in [4.69, 9.17) is 5.11 Å². The summed E-state index contributed by atoms with van der Waals surface area (Å²) in [6, 6.07) is 3.65. The molecule has 2 rings (SSSR count). The monoisotopic (exact) mass is 226 g/mol. The molecule has 0 aromatic heterocycles. The minimum atomic E-state index is -1.01. The van der Waals surface area contributed by atoms with Gasteiger partial charge in [0, 0.05) is 11.0 Å². The third-order valence-corrected chi connectivity index (χ3v) is 3.29. The van der Waals surface area contributed by atoms with Gasteiger partial charge in [-0.3, -0.25) is 4.79 Å². The van der Waals surface area contributed by atoms with E-state index in [1.807, 2.05) is 0 Å². The Balaban J connectivity index is 2.44. The van der Waals surface area contributed by atoms with Gasteiger partial charge < -0.3 is 5.11 Å². The van der Waals surface area contributed by atoms with Gasteiger partial charge in [-0.1, -0.05) is 12.5 Å². The lowest BCUT2D eigenvalue weighted by atomic mass is 9.62. The standard InChI is InChI=1S/C12H12F2O2/c13-8-3-1-4-9(14)11(8)12(5-2-6-12)7-10(15)16/h1,3-4H,2,5-7H2,(H,15,16). The SMILES string of the molecule is O=C(O)CC1(c2c(F)cccc2F)CCC1. The van der Waals surface area contributed by atoms with Gasteiger partial charge in [0.2, 0.25) is 0 Å². The highest BCUT2D eigenvalue weighted by molar-refractivity contribution is 5.69. The van der Waals surface area contributed by atoms with Crippen molar-refractivity contribution in [2.75, 3.05) is 0 Å². The molecule has 0 amide bonds. The molecule has 1 N–H and O–H groups in total. The minimum absolute atomic E-state index is 0.0522. The summed E-state index contributed by atoms with van der Waals surface area (Å²) in [5.74, 6) is -2.29. The van der Waals surface area contributed by atoms with Crippen molar-refractivity contribution in [1.29, 1.82) is 0 Å². The van der Waals surface area contributed by atoms with Gasteiger partial charge in [-0.15, -0.1) is 0 Å². The van der Waals surface area contributed by atoms with E-state index in [1.54, 1.807) is 0 Å². The first-order valence-corrected chi connectivity index (χ1v) is 5.21. The second kappa shape index (κ2) is 3.85. The van der Waals surface area contributed by atoms with E-state index in [-0.39, 0.29) is 12.0 Å². The Labute approximate surface area is 91.9 Å². The number of benzene rings is 1. The van der Waals surface area contributed by atoms with Crippen LogP contribution in [0.5, 0.6) is 0 Å². The smallest absolute Gasteiger partial charge is 0.304 e. The van der Waals surface area contributed by atoms with E-state index in [9.17, 15) is 13.6 Å². The first kappa shape index (κ1) is 11.0. The van der Waals surface area contributed by atoms with E-state index < -0.39 is 23.0 Å². The lowest BCUT2D eigenvalue weighted by Crippen LogP contribution is -2.38. The largest absolute Gasteiger partial charge is 0.481 e. The van der Waals surface area contributed by atoms with Gasteiger partial charge in [-0.2, -0.15) is 0 Å². The van der Waals surface area contributed by atoms with E-state index in [0.29, 0.717) is 12.8 Å². The molecule has 4 heteroatoms. The van der Waals surface area contributed by atoms with Gasteiger partial charge in [0.05, 0.1) is 6.42 Å². The van der Waals surface area contributed by atoms with Gasteiger partial charge >= 0.3 is 5.97 Å². The number of aliphatic carboxylic acids is 1. The second-order valence-electron chi connectivity index (χ2n) is 4.30. The zero-order chi connectivity index (χ0) is 11.8. The van der Waals surface area contributed by atoms with Crippen LogP contribution in [0, 0.1) is 11.6 Å². The van der Waals surface area contributed by atoms with Crippen molar-refractivity contribution < 1.29 is 18.7 Å². The average Bonchev–Trinajstić information content (AvgIpc) is 2.12. The summed E-state index contributed by atoms with van der Waals surface area (Å²) < 4.78 is 27.2. The Kier molecular flexibility index (Phi) is 2.66. The quantitative estimate of drug-likeness (QED) is 0.860. The normalized spacial score (nSPS) is 17.9. The van der Waals surface area contributed by atoms with Crippen molar-refractivity contribution >= 4 is 5.97 Å². The molecule has 16 heavy (non-hydrogen) atoms. The maximum absolute atomic E-state index is 13.6. The number of halogens is 2. The van der Waals surface area contributed by atoms with Crippen molar-refractivity contribution in [3.63, 3.8) is 0 Å². The topological polar surface area (TPSA) is 37.3 Å². The molecular formula is C12H12F2O2. The van der Waals surface area contributed by atoms with Crippen LogP contribution in [0.4, 0.5) is 8.78 Å². The first-order valence-electron chi connectivity index (χ1n) is 5.21. The molecule has 0 atom stereocenters. The number of carboxylic acid groups (broad SMARTS) is 1. The lowest BCUT2D eigenvalue weighted by Gasteiger charge is -2.41. The lowest BCUT2D eigenvalue weighted by molar-refractivity contribution is -0.139. The van der Waals surface area contributed by atoms with Crippen LogP contribution >= 0.6 is 0 Å². The number of carboxylic acids is 1. The Morgan fingerprint density at radius 2 is 1.88 bits per heavy atom. The first-order chi connectivity index (χ1) is 7.55. The zero-order valence-corrected chi connectivity index (χ0v) is 8.67. The zero-order valence-electron chi connectivity index (χ0n) is 8.67. The van der Waals surface area contributed by atoms with Crippen molar-refractivity contribution in [3.05, 3.63) is 35.4 Å². The van der Waals surface area contributed by atoms with Crippen LogP contribution in [0.25, 0.3) is 0 Å². The average molecular weight is 226 g/mol. The fourth-order valence-corrected chi connectivity index (χ4v) is 2.41. The van der Waals surface area contributed by atoms with E-state index in [0.717, 1.165) is 6.42 Å². The van der Waals surface area contributed by atoms with Crippen LogP contribution in [-0.4, -0.2) is 11.1 Å². The molecule has 86 valence electrons. The van der Waals surface area contributed by atoms with Crippen molar-refractivity contribution in [3.8, 4) is 0 Å². The van der Waals surface area contributed by atoms with Gasteiger partial charge in [0.25, 0.3) is 0 Å². The minimum Gasteiger partial charge on any atom is -0.481 e. The third kappa shape index (κ3) is 1.68. The second-order valence-corrected chi connectivity index (χ2v) is 4.30. The van der Waals surface area contributed by atoms with Crippen LogP contribution < -0.4 is 0 Å². The molecule has 2 nitrogen and oxygen atoms in total. The highest BCUT2D eigenvalue weighted by atomic mass is 19.1. The summed E-state index contributed by atoms with van der Waals surface area (Å²) in [5.41, 5.74) is -0.884. The van der Waals surface area contributed by atoms with Crippen LogP contribution in [0.1, 0.15) is 31.2 Å². The van der Waals surface area contributed by atoms with Gasteiger partial charge in [-0.05, 0) is 25.0 Å². The van der Waals surface area contributed by atoms with Crippen LogP contribution in [0.3, 0.4) is 0 Å². The molecule has 1 aromatic rings. The van der Waals surface area contributed by atoms with Crippen LogP contribution in [0.15, 0.2) is 18.2 Å². The molecule has 1 aromatic carbocycles. The fraction of sp³-hybridized carbons (Fsp3) is 0.417. The number of hydrogen-bond donors (Lipinski definition) is 1. The third-order valence-electron chi connectivity index (χ3n) is 3.29.